The van der Waals surface area contributed by atoms with Crippen LogP contribution < -0.4 is 4.74 Å². The molecule has 3 heteroatoms. The average molecular weight is 219 g/mol. The minimum absolute atomic E-state index is 0.109. The normalized spacial score (nSPS) is 19.8. The van der Waals surface area contributed by atoms with Crippen LogP contribution in [0.15, 0.2) is 30.3 Å². The molecule has 1 aliphatic heterocycles. The summed E-state index contributed by atoms with van der Waals surface area (Å²) >= 11 is 0. The summed E-state index contributed by atoms with van der Waals surface area (Å²) in [4.78, 5) is 13.5. The zero-order chi connectivity index (χ0) is 11.5. The van der Waals surface area contributed by atoms with Crippen LogP contribution in [-0.4, -0.2) is 30.0 Å². The Bertz CT molecular complexity index is 361. The topological polar surface area (TPSA) is 29.5 Å². The third-order valence-electron chi connectivity index (χ3n) is 2.58. The van der Waals surface area contributed by atoms with Crippen molar-refractivity contribution >= 4 is 5.91 Å². The Kier molecular flexibility index (Phi) is 3.13. The highest BCUT2D eigenvalue weighted by Gasteiger charge is 2.38. The van der Waals surface area contributed by atoms with Gasteiger partial charge in [-0.25, -0.2) is 0 Å². The standard InChI is InChI=1S/C13H17NO2/c1-10(2)8-14-9-12(13(14)15)16-11-6-4-3-5-7-11/h3-7,10,12H,8-9H2,1-2H3/t12-/m0/s1. The second kappa shape index (κ2) is 4.56. The Morgan fingerprint density at radius 2 is 2.06 bits per heavy atom. The van der Waals surface area contributed by atoms with E-state index in [0.29, 0.717) is 12.5 Å². The Morgan fingerprint density at radius 1 is 1.38 bits per heavy atom. The predicted molar refractivity (Wildman–Crippen MR) is 62.3 cm³/mol. The molecule has 0 unspecified atom stereocenters. The van der Waals surface area contributed by atoms with Gasteiger partial charge in [0.25, 0.3) is 5.91 Å². The quantitative estimate of drug-likeness (QED) is 0.724. The van der Waals surface area contributed by atoms with Crippen LogP contribution in [0.4, 0.5) is 0 Å². The van der Waals surface area contributed by atoms with E-state index in [1.165, 1.54) is 0 Å². The summed E-state index contributed by atoms with van der Waals surface area (Å²) < 4.78 is 5.58. The van der Waals surface area contributed by atoms with Gasteiger partial charge in [-0.3, -0.25) is 4.79 Å². The van der Waals surface area contributed by atoms with Crippen molar-refractivity contribution in [1.82, 2.24) is 4.90 Å². The fourth-order valence-corrected chi connectivity index (χ4v) is 1.82. The molecule has 1 aliphatic rings. The number of para-hydroxylation sites is 1. The van der Waals surface area contributed by atoms with Crippen LogP contribution >= 0.6 is 0 Å². The Labute approximate surface area is 96.0 Å². The molecule has 86 valence electrons. The number of rotatable bonds is 4. The van der Waals surface area contributed by atoms with Crippen LogP contribution in [-0.2, 0) is 4.79 Å². The minimum Gasteiger partial charge on any atom is -0.479 e. The smallest absolute Gasteiger partial charge is 0.265 e. The number of hydrogen-bond donors (Lipinski definition) is 0. The fraction of sp³-hybridized carbons (Fsp3) is 0.462. The van der Waals surface area contributed by atoms with E-state index in [1.54, 1.807) is 0 Å². The number of amides is 1. The molecule has 1 amide bonds. The molecule has 3 nitrogen and oxygen atoms in total. The summed E-state index contributed by atoms with van der Waals surface area (Å²) in [5.41, 5.74) is 0. The van der Waals surface area contributed by atoms with E-state index in [-0.39, 0.29) is 12.0 Å². The number of carbonyl (C=O) groups is 1. The maximum Gasteiger partial charge on any atom is 0.265 e. The Balaban J connectivity index is 1.85. The van der Waals surface area contributed by atoms with E-state index in [9.17, 15) is 4.79 Å². The van der Waals surface area contributed by atoms with E-state index >= 15 is 0 Å². The number of hydrogen-bond acceptors (Lipinski definition) is 2. The van der Waals surface area contributed by atoms with Crippen molar-refractivity contribution in [2.45, 2.75) is 20.0 Å². The molecule has 0 saturated carbocycles. The predicted octanol–water partition coefficient (Wildman–Crippen LogP) is 1.93. The van der Waals surface area contributed by atoms with Crippen molar-refractivity contribution in [2.24, 2.45) is 5.92 Å². The summed E-state index contributed by atoms with van der Waals surface area (Å²) in [6.45, 7) is 5.76. The molecular weight excluding hydrogens is 202 g/mol. The molecule has 0 spiro atoms. The number of nitrogens with zero attached hydrogens (tertiary/aromatic N) is 1. The second-order valence-corrected chi connectivity index (χ2v) is 4.56. The summed E-state index contributed by atoms with van der Waals surface area (Å²) in [6, 6.07) is 9.49. The molecule has 0 N–H and O–H groups in total. The van der Waals surface area contributed by atoms with Gasteiger partial charge in [-0.2, -0.15) is 0 Å². The van der Waals surface area contributed by atoms with E-state index in [0.717, 1.165) is 12.3 Å². The molecular formula is C13H17NO2. The van der Waals surface area contributed by atoms with Gasteiger partial charge in [-0.05, 0) is 18.1 Å². The SMILES string of the molecule is CC(C)CN1C[C@H](Oc2ccccc2)C1=O. The van der Waals surface area contributed by atoms with Gasteiger partial charge < -0.3 is 9.64 Å². The van der Waals surface area contributed by atoms with Crippen molar-refractivity contribution in [3.63, 3.8) is 0 Å². The van der Waals surface area contributed by atoms with E-state index in [4.69, 9.17) is 4.74 Å². The number of β-lactam (4-membered cyclic amide) rings is 1. The average Bonchev–Trinajstić information content (AvgIpc) is 2.28. The third kappa shape index (κ3) is 2.35. The molecule has 1 aromatic carbocycles. The van der Waals surface area contributed by atoms with Gasteiger partial charge in [0.1, 0.15) is 5.75 Å². The first kappa shape index (κ1) is 11.0. The Hall–Kier alpha value is -1.51. The van der Waals surface area contributed by atoms with Crippen LogP contribution in [0.5, 0.6) is 5.75 Å². The summed E-state index contributed by atoms with van der Waals surface area (Å²) in [5, 5.41) is 0. The molecule has 1 heterocycles. The second-order valence-electron chi connectivity index (χ2n) is 4.56. The van der Waals surface area contributed by atoms with Crippen molar-refractivity contribution in [3.05, 3.63) is 30.3 Å². The number of benzene rings is 1. The van der Waals surface area contributed by atoms with Crippen LogP contribution in [0.25, 0.3) is 0 Å². The molecule has 0 aliphatic carbocycles. The zero-order valence-electron chi connectivity index (χ0n) is 9.72. The molecule has 1 saturated heterocycles. The van der Waals surface area contributed by atoms with E-state index < -0.39 is 0 Å². The van der Waals surface area contributed by atoms with Crippen molar-refractivity contribution in [1.29, 1.82) is 0 Å². The van der Waals surface area contributed by atoms with E-state index in [2.05, 4.69) is 13.8 Å². The first-order valence-corrected chi connectivity index (χ1v) is 5.67. The van der Waals surface area contributed by atoms with Crippen molar-refractivity contribution in [3.8, 4) is 5.75 Å². The lowest BCUT2D eigenvalue weighted by atomic mass is 10.1. The summed E-state index contributed by atoms with van der Waals surface area (Å²) in [7, 11) is 0. The van der Waals surface area contributed by atoms with Crippen LogP contribution in [0.3, 0.4) is 0 Å². The molecule has 16 heavy (non-hydrogen) atoms. The number of ether oxygens (including phenoxy) is 1. The number of carbonyl (C=O) groups excluding carboxylic acids is 1. The van der Waals surface area contributed by atoms with Crippen molar-refractivity contribution in [2.75, 3.05) is 13.1 Å². The first-order valence-electron chi connectivity index (χ1n) is 5.67. The molecule has 0 radical (unpaired) electrons. The monoisotopic (exact) mass is 219 g/mol. The highest BCUT2D eigenvalue weighted by Crippen LogP contribution is 2.19. The van der Waals surface area contributed by atoms with Crippen LogP contribution in [0.1, 0.15) is 13.8 Å². The van der Waals surface area contributed by atoms with Crippen LogP contribution in [0, 0.1) is 5.92 Å². The summed E-state index contributed by atoms with van der Waals surface area (Å²) in [5.74, 6) is 1.39. The highest BCUT2D eigenvalue weighted by molar-refractivity contribution is 5.87. The van der Waals surface area contributed by atoms with Gasteiger partial charge in [0.15, 0.2) is 6.10 Å². The molecule has 0 aromatic heterocycles. The Morgan fingerprint density at radius 3 is 2.62 bits per heavy atom. The molecule has 1 fully saturated rings. The maximum atomic E-state index is 11.7. The molecule has 2 rings (SSSR count). The largest absolute Gasteiger partial charge is 0.479 e. The van der Waals surface area contributed by atoms with Gasteiger partial charge in [-0.1, -0.05) is 32.0 Å². The van der Waals surface area contributed by atoms with Crippen molar-refractivity contribution < 1.29 is 9.53 Å². The van der Waals surface area contributed by atoms with Gasteiger partial charge in [0.2, 0.25) is 0 Å². The van der Waals surface area contributed by atoms with Gasteiger partial charge in [0, 0.05) is 6.54 Å². The highest BCUT2D eigenvalue weighted by atomic mass is 16.5. The lowest BCUT2D eigenvalue weighted by Gasteiger charge is -2.39. The van der Waals surface area contributed by atoms with Gasteiger partial charge in [0.05, 0.1) is 6.54 Å². The molecule has 1 aromatic rings. The molecule has 1 atom stereocenters. The first-order chi connectivity index (χ1) is 7.66. The summed E-state index contributed by atoms with van der Waals surface area (Å²) in [6.07, 6.45) is -0.277. The third-order valence-corrected chi connectivity index (χ3v) is 2.58. The lowest BCUT2D eigenvalue weighted by Crippen LogP contribution is -2.59. The number of likely N-dealkylation sites (tertiary alicyclic amines) is 1. The zero-order valence-corrected chi connectivity index (χ0v) is 9.72. The molecule has 0 bridgehead atoms. The van der Waals surface area contributed by atoms with E-state index in [1.807, 2.05) is 35.2 Å². The fourth-order valence-electron chi connectivity index (χ4n) is 1.82. The van der Waals surface area contributed by atoms with Crippen LogP contribution in [0.2, 0.25) is 0 Å². The lowest BCUT2D eigenvalue weighted by molar-refractivity contribution is -0.154. The van der Waals surface area contributed by atoms with Gasteiger partial charge >= 0.3 is 0 Å². The minimum atomic E-state index is -0.277. The maximum absolute atomic E-state index is 11.7. The van der Waals surface area contributed by atoms with Gasteiger partial charge in [-0.15, -0.1) is 0 Å².